The van der Waals surface area contributed by atoms with Gasteiger partial charge in [-0.1, -0.05) is 70.5 Å². The Hall–Kier alpha value is -3.76. The van der Waals surface area contributed by atoms with E-state index in [1.807, 2.05) is 36.4 Å². The molecule has 150 valence electrons. The van der Waals surface area contributed by atoms with Crippen LogP contribution < -0.4 is 5.56 Å². The highest BCUT2D eigenvalue weighted by Crippen LogP contribution is 2.34. The molecule has 0 amide bonds. The third-order valence-corrected chi connectivity index (χ3v) is 7.09. The van der Waals surface area contributed by atoms with Crippen molar-refractivity contribution < 1.29 is 0 Å². The van der Waals surface area contributed by atoms with Crippen molar-refractivity contribution in [1.82, 2.24) is 9.38 Å². The van der Waals surface area contributed by atoms with Gasteiger partial charge in [0, 0.05) is 20.6 Å². The molecule has 0 fully saturated rings. The number of rotatable bonds is 1. The van der Waals surface area contributed by atoms with Gasteiger partial charge < -0.3 is 0 Å². The first kappa shape index (κ1) is 17.9. The number of nitrogens with zero attached hydrogens (tertiary/aromatic N) is 2. The second-order valence-electron chi connectivity index (χ2n) is 8.16. The van der Waals surface area contributed by atoms with Crippen LogP contribution in [0.25, 0.3) is 60.1 Å². The minimum Gasteiger partial charge on any atom is -0.268 e. The molecule has 5 aromatic carbocycles. The maximum absolute atomic E-state index is 13.6. The second-order valence-corrected chi connectivity index (χ2v) is 9.02. The highest BCUT2D eigenvalue weighted by Gasteiger charge is 2.17. The average molecular weight is 475 g/mol. The summed E-state index contributed by atoms with van der Waals surface area (Å²) in [7, 11) is 0. The molecular formula is C28H15BrN2O. The second kappa shape index (κ2) is 6.38. The molecule has 2 aromatic heterocycles. The first-order valence-corrected chi connectivity index (χ1v) is 11.3. The lowest BCUT2D eigenvalue weighted by atomic mass is 10.0. The summed E-state index contributed by atoms with van der Waals surface area (Å²) in [5.41, 5.74) is 4.52. The van der Waals surface area contributed by atoms with Gasteiger partial charge in [0.2, 0.25) is 0 Å². The number of fused-ring (bicyclic) bond motifs is 5. The average Bonchev–Trinajstić information content (AvgIpc) is 3.22. The zero-order valence-electron chi connectivity index (χ0n) is 16.8. The van der Waals surface area contributed by atoms with Gasteiger partial charge in [0.25, 0.3) is 5.56 Å². The van der Waals surface area contributed by atoms with E-state index in [-0.39, 0.29) is 5.56 Å². The number of halogens is 1. The highest BCUT2D eigenvalue weighted by atomic mass is 79.9. The van der Waals surface area contributed by atoms with Crippen LogP contribution in [-0.2, 0) is 0 Å². The van der Waals surface area contributed by atoms with Gasteiger partial charge in [-0.15, -0.1) is 0 Å². The van der Waals surface area contributed by atoms with Crippen molar-refractivity contribution in [2.45, 2.75) is 0 Å². The first-order chi connectivity index (χ1) is 15.7. The van der Waals surface area contributed by atoms with Gasteiger partial charge >= 0.3 is 0 Å². The van der Waals surface area contributed by atoms with Crippen molar-refractivity contribution in [2.75, 3.05) is 0 Å². The predicted octanol–water partition coefficient (Wildman–Crippen LogP) is 7.17. The SMILES string of the molecule is O=c1c2cccc3c(Br)ccc(c32)c2nc3ccc(-c4ccc5ccccc5c4)cc3n12. The quantitative estimate of drug-likeness (QED) is 0.252. The van der Waals surface area contributed by atoms with Crippen molar-refractivity contribution in [3.63, 3.8) is 0 Å². The van der Waals surface area contributed by atoms with Crippen LogP contribution in [0.1, 0.15) is 0 Å². The number of imidazole rings is 1. The summed E-state index contributed by atoms with van der Waals surface area (Å²) in [5.74, 6) is 0. The lowest BCUT2D eigenvalue weighted by Gasteiger charge is -2.08. The molecule has 0 N–H and O–H groups in total. The molecule has 0 radical (unpaired) electrons. The topological polar surface area (TPSA) is 34.4 Å². The van der Waals surface area contributed by atoms with Crippen LogP contribution in [0, 0.1) is 0 Å². The lowest BCUT2D eigenvalue weighted by Crippen LogP contribution is -2.13. The van der Waals surface area contributed by atoms with Crippen LogP contribution in [0.5, 0.6) is 0 Å². The minimum atomic E-state index is -0.0330. The fourth-order valence-electron chi connectivity index (χ4n) is 4.87. The Morgan fingerprint density at radius 3 is 2.38 bits per heavy atom. The van der Waals surface area contributed by atoms with E-state index < -0.39 is 0 Å². The molecule has 0 saturated heterocycles. The maximum atomic E-state index is 13.6. The van der Waals surface area contributed by atoms with E-state index in [1.54, 1.807) is 4.40 Å². The van der Waals surface area contributed by atoms with Crippen LogP contribution in [0.2, 0.25) is 0 Å². The Morgan fingerprint density at radius 1 is 0.688 bits per heavy atom. The number of benzene rings is 5. The van der Waals surface area contributed by atoms with E-state index in [9.17, 15) is 4.79 Å². The lowest BCUT2D eigenvalue weighted by molar-refractivity contribution is 1.19. The molecular weight excluding hydrogens is 460 g/mol. The van der Waals surface area contributed by atoms with Crippen molar-refractivity contribution >= 4 is 64.9 Å². The molecule has 0 atom stereocenters. The molecule has 2 heterocycles. The van der Waals surface area contributed by atoms with E-state index in [0.29, 0.717) is 11.0 Å². The third-order valence-electron chi connectivity index (χ3n) is 6.40. The van der Waals surface area contributed by atoms with Gasteiger partial charge in [-0.05, 0) is 63.7 Å². The Labute approximate surface area is 191 Å². The van der Waals surface area contributed by atoms with E-state index in [4.69, 9.17) is 4.98 Å². The zero-order chi connectivity index (χ0) is 21.4. The van der Waals surface area contributed by atoms with Gasteiger partial charge in [-0.2, -0.15) is 0 Å². The Balaban J connectivity index is 1.58. The minimum absolute atomic E-state index is 0.0330. The number of hydrogen-bond acceptors (Lipinski definition) is 2. The standard InChI is InChI=1S/C28H15BrN2O/c29-23-12-11-21-26-20(23)6-3-7-22(26)28(32)31-25-15-19(10-13-24(25)30-27(21)31)18-9-8-16-4-1-2-5-17(16)14-18/h1-15H. The summed E-state index contributed by atoms with van der Waals surface area (Å²) in [6.07, 6.45) is 0. The van der Waals surface area contributed by atoms with Crippen molar-refractivity contribution in [2.24, 2.45) is 0 Å². The zero-order valence-corrected chi connectivity index (χ0v) is 18.4. The van der Waals surface area contributed by atoms with Gasteiger partial charge in [0.1, 0.15) is 5.65 Å². The van der Waals surface area contributed by atoms with Crippen molar-refractivity contribution in [1.29, 1.82) is 0 Å². The number of pyridine rings is 1. The number of aromatic nitrogens is 2. The van der Waals surface area contributed by atoms with Crippen LogP contribution in [-0.4, -0.2) is 9.38 Å². The van der Waals surface area contributed by atoms with Gasteiger partial charge in [0.15, 0.2) is 0 Å². The van der Waals surface area contributed by atoms with Gasteiger partial charge in [-0.3, -0.25) is 9.20 Å². The molecule has 0 aliphatic carbocycles. The monoisotopic (exact) mass is 474 g/mol. The first-order valence-electron chi connectivity index (χ1n) is 10.5. The van der Waals surface area contributed by atoms with Gasteiger partial charge in [0.05, 0.1) is 11.0 Å². The molecule has 32 heavy (non-hydrogen) atoms. The Morgan fingerprint density at radius 2 is 1.47 bits per heavy atom. The molecule has 0 unspecified atom stereocenters. The summed E-state index contributed by atoms with van der Waals surface area (Å²) >= 11 is 3.63. The summed E-state index contributed by atoms with van der Waals surface area (Å²) in [4.78, 5) is 18.5. The molecule has 3 nitrogen and oxygen atoms in total. The summed E-state index contributed by atoms with van der Waals surface area (Å²) < 4.78 is 2.75. The van der Waals surface area contributed by atoms with E-state index >= 15 is 0 Å². The number of hydrogen-bond donors (Lipinski definition) is 0. The van der Waals surface area contributed by atoms with E-state index in [1.165, 1.54) is 10.8 Å². The van der Waals surface area contributed by atoms with Crippen molar-refractivity contribution in [3.8, 4) is 11.1 Å². The molecule has 4 heteroatoms. The normalized spacial score (nSPS) is 12.0. The summed E-state index contributed by atoms with van der Waals surface area (Å²) in [6.45, 7) is 0. The molecule has 0 spiro atoms. The van der Waals surface area contributed by atoms with Crippen molar-refractivity contribution in [3.05, 3.63) is 106 Å². The molecule has 0 saturated carbocycles. The molecule has 0 bridgehead atoms. The van der Waals surface area contributed by atoms with Crippen LogP contribution in [0.3, 0.4) is 0 Å². The van der Waals surface area contributed by atoms with E-state index in [0.717, 1.165) is 42.8 Å². The molecule has 7 rings (SSSR count). The fraction of sp³-hybridized carbons (Fsp3) is 0. The predicted molar refractivity (Wildman–Crippen MR) is 136 cm³/mol. The highest BCUT2D eigenvalue weighted by molar-refractivity contribution is 9.10. The van der Waals surface area contributed by atoms with Crippen LogP contribution in [0.4, 0.5) is 0 Å². The molecule has 0 aliphatic heterocycles. The van der Waals surface area contributed by atoms with Crippen LogP contribution in [0.15, 0.2) is 100 Å². The third kappa shape index (κ3) is 2.36. The van der Waals surface area contributed by atoms with Gasteiger partial charge in [-0.25, -0.2) is 4.98 Å². The largest absolute Gasteiger partial charge is 0.268 e. The summed E-state index contributed by atoms with van der Waals surface area (Å²) in [5, 5.41) is 6.10. The fourth-order valence-corrected chi connectivity index (χ4v) is 5.33. The maximum Gasteiger partial charge on any atom is 0.264 e. The molecule has 0 aliphatic rings. The molecule has 7 aromatic rings. The van der Waals surface area contributed by atoms with E-state index in [2.05, 4.69) is 70.5 Å². The summed E-state index contributed by atoms with van der Waals surface area (Å²) in [6, 6.07) is 30.9. The Bertz CT molecular complexity index is 1920. The Kier molecular flexibility index (Phi) is 3.56. The van der Waals surface area contributed by atoms with Crippen LogP contribution >= 0.6 is 15.9 Å². The smallest absolute Gasteiger partial charge is 0.264 e.